The van der Waals surface area contributed by atoms with Gasteiger partial charge < -0.3 is 10.1 Å². The molecule has 0 aromatic heterocycles. The maximum Gasteiger partial charge on any atom is 0.122 e. The van der Waals surface area contributed by atoms with Crippen LogP contribution in [0.15, 0.2) is 24.3 Å². The van der Waals surface area contributed by atoms with E-state index in [0.717, 1.165) is 12.2 Å². The molecule has 2 unspecified atom stereocenters. The zero-order chi connectivity index (χ0) is 12.7. The SMILES string of the molecule is CCCC(C)NC(C)Cc1ccccc1OC. The Hall–Kier alpha value is -1.02. The normalized spacial score (nSPS) is 14.4. The number of methoxy groups -OCH3 is 1. The highest BCUT2D eigenvalue weighted by atomic mass is 16.5. The van der Waals surface area contributed by atoms with Crippen molar-refractivity contribution >= 4 is 0 Å². The van der Waals surface area contributed by atoms with E-state index in [-0.39, 0.29) is 0 Å². The van der Waals surface area contributed by atoms with Gasteiger partial charge in [0.15, 0.2) is 0 Å². The largest absolute Gasteiger partial charge is 0.496 e. The Balaban J connectivity index is 2.52. The molecule has 0 bridgehead atoms. The van der Waals surface area contributed by atoms with Gasteiger partial charge in [-0.2, -0.15) is 0 Å². The van der Waals surface area contributed by atoms with Gasteiger partial charge in [-0.15, -0.1) is 0 Å². The molecule has 2 nitrogen and oxygen atoms in total. The summed E-state index contributed by atoms with van der Waals surface area (Å²) in [5.41, 5.74) is 1.28. The molecule has 0 saturated heterocycles. The molecular formula is C15H25NO. The zero-order valence-corrected chi connectivity index (χ0v) is 11.5. The van der Waals surface area contributed by atoms with Crippen LogP contribution in [-0.4, -0.2) is 19.2 Å². The lowest BCUT2D eigenvalue weighted by molar-refractivity contribution is 0.400. The van der Waals surface area contributed by atoms with E-state index in [2.05, 4.69) is 38.2 Å². The second kappa shape index (κ2) is 7.33. The van der Waals surface area contributed by atoms with Crippen LogP contribution in [0.2, 0.25) is 0 Å². The standard InChI is InChI=1S/C15H25NO/c1-5-8-12(2)16-13(3)11-14-9-6-7-10-15(14)17-4/h6-7,9-10,12-13,16H,5,8,11H2,1-4H3. The highest BCUT2D eigenvalue weighted by Crippen LogP contribution is 2.19. The Morgan fingerprint density at radius 1 is 1.18 bits per heavy atom. The van der Waals surface area contributed by atoms with Crippen LogP contribution in [-0.2, 0) is 6.42 Å². The Morgan fingerprint density at radius 2 is 1.88 bits per heavy atom. The molecule has 0 saturated carbocycles. The summed E-state index contributed by atoms with van der Waals surface area (Å²) in [5, 5.41) is 3.62. The highest BCUT2D eigenvalue weighted by Gasteiger charge is 2.10. The van der Waals surface area contributed by atoms with Gasteiger partial charge >= 0.3 is 0 Å². The van der Waals surface area contributed by atoms with Gasteiger partial charge in [0, 0.05) is 12.1 Å². The average Bonchev–Trinajstić information content (AvgIpc) is 2.29. The Bertz CT molecular complexity index is 324. The fraction of sp³-hybridized carbons (Fsp3) is 0.600. The summed E-state index contributed by atoms with van der Waals surface area (Å²) in [6, 6.07) is 9.32. The molecule has 17 heavy (non-hydrogen) atoms. The molecule has 96 valence electrons. The van der Waals surface area contributed by atoms with Crippen LogP contribution in [0.3, 0.4) is 0 Å². The van der Waals surface area contributed by atoms with Crippen LogP contribution in [0.5, 0.6) is 5.75 Å². The van der Waals surface area contributed by atoms with Crippen molar-refractivity contribution in [3.8, 4) is 5.75 Å². The number of hydrogen-bond acceptors (Lipinski definition) is 2. The van der Waals surface area contributed by atoms with Crippen LogP contribution >= 0.6 is 0 Å². The summed E-state index contributed by atoms with van der Waals surface area (Å²) in [7, 11) is 1.73. The van der Waals surface area contributed by atoms with Gasteiger partial charge in [-0.25, -0.2) is 0 Å². The van der Waals surface area contributed by atoms with Gasteiger partial charge in [0.05, 0.1) is 7.11 Å². The molecule has 0 heterocycles. The second-order valence-corrected chi connectivity index (χ2v) is 4.77. The predicted molar refractivity (Wildman–Crippen MR) is 73.7 cm³/mol. The van der Waals surface area contributed by atoms with Gasteiger partial charge in [-0.1, -0.05) is 31.5 Å². The second-order valence-electron chi connectivity index (χ2n) is 4.77. The predicted octanol–water partition coefficient (Wildman–Crippen LogP) is 3.40. The van der Waals surface area contributed by atoms with Crippen LogP contribution < -0.4 is 10.1 Å². The summed E-state index contributed by atoms with van der Waals surface area (Å²) < 4.78 is 5.37. The fourth-order valence-electron chi connectivity index (χ4n) is 2.26. The molecule has 0 amide bonds. The molecule has 0 fully saturated rings. The lowest BCUT2D eigenvalue weighted by atomic mass is 10.0. The van der Waals surface area contributed by atoms with Crippen molar-refractivity contribution in [2.24, 2.45) is 0 Å². The van der Waals surface area contributed by atoms with E-state index in [1.54, 1.807) is 7.11 Å². The van der Waals surface area contributed by atoms with E-state index in [0.29, 0.717) is 12.1 Å². The van der Waals surface area contributed by atoms with Gasteiger partial charge in [0.2, 0.25) is 0 Å². The summed E-state index contributed by atoms with van der Waals surface area (Å²) >= 11 is 0. The maximum absolute atomic E-state index is 5.37. The lowest BCUT2D eigenvalue weighted by Gasteiger charge is -2.20. The number of nitrogens with one attached hydrogen (secondary N) is 1. The third-order valence-corrected chi connectivity index (χ3v) is 3.01. The van der Waals surface area contributed by atoms with Crippen LogP contribution in [0.4, 0.5) is 0 Å². The van der Waals surface area contributed by atoms with Gasteiger partial charge in [-0.05, 0) is 38.3 Å². The molecule has 1 N–H and O–H groups in total. The van der Waals surface area contributed by atoms with E-state index < -0.39 is 0 Å². The number of hydrogen-bond donors (Lipinski definition) is 1. The first kappa shape index (κ1) is 14.0. The minimum absolute atomic E-state index is 0.479. The monoisotopic (exact) mass is 235 g/mol. The molecule has 0 aliphatic rings. The van der Waals surface area contributed by atoms with Gasteiger partial charge in [-0.3, -0.25) is 0 Å². The van der Waals surface area contributed by atoms with Crippen molar-refractivity contribution < 1.29 is 4.74 Å². The molecule has 0 aliphatic heterocycles. The van der Waals surface area contributed by atoms with Crippen molar-refractivity contribution in [3.05, 3.63) is 29.8 Å². The molecular weight excluding hydrogens is 210 g/mol. The Kier molecular flexibility index (Phi) is 6.06. The quantitative estimate of drug-likeness (QED) is 0.782. The summed E-state index contributed by atoms with van der Waals surface area (Å²) in [6.45, 7) is 6.71. The van der Waals surface area contributed by atoms with Gasteiger partial charge in [0.25, 0.3) is 0 Å². The Labute approximate surface area is 105 Å². The maximum atomic E-state index is 5.37. The average molecular weight is 235 g/mol. The van der Waals surface area contributed by atoms with E-state index in [9.17, 15) is 0 Å². The third-order valence-electron chi connectivity index (χ3n) is 3.01. The van der Waals surface area contributed by atoms with Crippen molar-refractivity contribution in [1.29, 1.82) is 0 Å². The number of para-hydroxylation sites is 1. The first-order chi connectivity index (χ1) is 8.17. The molecule has 1 aromatic rings. The summed E-state index contributed by atoms with van der Waals surface area (Å²) in [6.07, 6.45) is 3.48. The summed E-state index contributed by atoms with van der Waals surface area (Å²) in [5.74, 6) is 0.990. The molecule has 1 rings (SSSR count). The van der Waals surface area contributed by atoms with Gasteiger partial charge in [0.1, 0.15) is 5.75 Å². The minimum atomic E-state index is 0.479. The molecule has 0 spiro atoms. The van der Waals surface area contributed by atoms with Crippen molar-refractivity contribution in [3.63, 3.8) is 0 Å². The molecule has 0 radical (unpaired) electrons. The highest BCUT2D eigenvalue weighted by molar-refractivity contribution is 5.33. The number of ether oxygens (including phenoxy) is 1. The molecule has 0 aliphatic carbocycles. The third kappa shape index (κ3) is 4.78. The fourth-order valence-corrected chi connectivity index (χ4v) is 2.26. The number of benzene rings is 1. The summed E-state index contributed by atoms with van der Waals surface area (Å²) in [4.78, 5) is 0. The molecule has 1 aromatic carbocycles. The minimum Gasteiger partial charge on any atom is -0.496 e. The molecule has 2 atom stereocenters. The lowest BCUT2D eigenvalue weighted by Crippen LogP contribution is -2.35. The smallest absolute Gasteiger partial charge is 0.122 e. The van der Waals surface area contributed by atoms with Crippen molar-refractivity contribution in [2.75, 3.05) is 7.11 Å². The van der Waals surface area contributed by atoms with E-state index in [1.807, 2.05) is 12.1 Å². The first-order valence-electron chi connectivity index (χ1n) is 6.55. The van der Waals surface area contributed by atoms with Crippen molar-refractivity contribution in [1.82, 2.24) is 5.32 Å². The van der Waals surface area contributed by atoms with E-state index in [4.69, 9.17) is 4.74 Å². The van der Waals surface area contributed by atoms with Crippen LogP contribution in [0, 0.1) is 0 Å². The van der Waals surface area contributed by atoms with E-state index >= 15 is 0 Å². The number of rotatable bonds is 7. The zero-order valence-electron chi connectivity index (χ0n) is 11.5. The van der Waals surface area contributed by atoms with Crippen molar-refractivity contribution in [2.45, 2.75) is 52.1 Å². The Morgan fingerprint density at radius 3 is 2.53 bits per heavy atom. The van der Waals surface area contributed by atoms with E-state index in [1.165, 1.54) is 18.4 Å². The topological polar surface area (TPSA) is 21.3 Å². The first-order valence-corrected chi connectivity index (χ1v) is 6.55. The van der Waals surface area contributed by atoms with Crippen LogP contribution in [0.25, 0.3) is 0 Å². The molecule has 2 heteroatoms. The van der Waals surface area contributed by atoms with Crippen LogP contribution in [0.1, 0.15) is 39.2 Å².